The Labute approximate surface area is 181 Å². The van der Waals surface area contributed by atoms with E-state index in [9.17, 15) is 4.79 Å². The van der Waals surface area contributed by atoms with Crippen LogP contribution in [0.25, 0.3) is 10.2 Å². The van der Waals surface area contributed by atoms with Crippen molar-refractivity contribution in [3.63, 3.8) is 0 Å². The maximum absolute atomic E-state index is 13.5. The van der Waals surface area contributed by atoms with Crippen molar-refractivity contribution < 1.29 is 14.3 Å². The summed E-state index contributed by atoms with van der Waals surface area (Å²) in [7, 11) is 1.65. The quantitative estimate of drug-likeness (QED) is 0.600. The van der Waals surface area contributed by atoms with E-state index in [0.717, 1.165) is 59.9 Å². The van der Waals surface area contributed by atoms with Crippen LogP contribution in [-0.2, 0) is 4.74 Å². The Hall–Kier alpha value is -2.48. The van der Waals surface area contributed by atoms with Crippen LogP contribution < -0.4 is 9.64 Å². The third kappa shape index (κ3) is 4.33. The summed E-state index contributed by atoms with van der Waals surface area (Å²) in [5.41, 5.74) is 3.74. The smallest absolute Gasteiger partial charge is 0.260 e. The van der Waals surface area contributed by atoms with E-state index in [1.165, 1.54) is 0 Å². The number of ether oxygens (including phenoxy) is 2. The van der Waals surface area contributed by atoms with E-state index in [0.29, 0.717) is 17.2 Å². The number of aryl methyl sites for hydroxylation is 2. The molecule has 158 valence electrons. The van der Waals surface area contributed by atoms with E-state index >= 15 is 0 Å². The second-order valence-corrected chi connectivity index (χ2v) is 8.51. The average Bonchev–Trinajstić information content (AvgIpc) is 3.21. The molecule has 2 heterocycles. The Kier molecular flexibility index (Phi) is 6.32. The van der Waals surface area contributed by atoms with Gasteiger partial charge in [-0.25, -0.2) is 4.98 Å². The highest BCUT2D eigenvalue weighted by molar-refractivity contribution is 7.22. The van der Waals surface area contributed by atoms with E-state index in [4.69, 9.17) is 14.5 Å². The average molecular weight is 426 g/mol. The monoisotopic (exact) mass is 425 g/mol. The Morgan fingerprint density at radius 2 is 1.90 bits per heavy atom. The van der Waals surface area contributed by atoms with E-state index in [1.807, 2.05) is 48.2 Å². The summed E-state index contributed by atoms with van der Waals surface area (Å²) in [6, 6.07) is 11.7. The van der Waals surface area contributed by atoms with Crippen LogP contribution in [0.2, 0.25) is 0 Å². The first-order valence-electron chi connectivity index (χ1n) is 10.2. The second kappa shape index (κ2) is 9.12. The first-order valence-corrected chi connectivity index (χ1v) is 11.0. The topological polar surface area (TPSA) is 54.9 Å². The molecule has 1 fully saturated rings. The molecular formula is C23H27N3O3S. The molecule has 6 nitrogen and oxygen atoms in total. The number of hydrogen-bond donors (Lipinski definition) is 0. The van der Waals surface area contributed by atoms with Crippen molar-refractivity contribution >= 4 is 32.6 Å². The fourth-order valence-electron chi connectivity index (χ4n) is 3.58. The van der Waals surface area contributed by atoms with Crippen LogP contribution in [0.1, 0.15) is 21.5 Å². The highest BCUT2D eigenvalue weighted by Crippen LogP contribution is 2.36. The minimum Gasteiger partial charge on any atom is -0.494 e. The number of aromatic nitrogens is 1. The van der Waals surface area contributed by atoms with E-state index in [1.54, 1.807) is 18.4 Å². The van der Waals surface area contributed by atoms with Gasteiger partial charge in [-0.15, -0.1) is 0 Å². The number of nitrogens with zero attached hydrogens (tertiary/aromatic N) is 3. The number of morpholine rings is 1. The maximum Gasteiger partial charge on any atom is 0.260 e. The van der Waals surface area contributed by atoms with Gasteiger partial charge in [0.25, 0.3) is 5.91 Å². The third-order valence-corrected chi connectivity index (χ3v) is 6.64. The van der Waals surface area contributed by atoms with Crippen molar-refractivity contribution in [3.05, 3.63) is 53.1 Å². The molecule has 1 aromatic heterocycles. The van der Waals surface area contributed by atoms with Gasteiger partial charge in [0.05, 0.1) is 25.0 Å². The molecule has 1 aliphatic heterocycles. The minimum absolute atomic E-state index is 0.0288. The number of hydrogen-bond acceptors (Lipinski definition) is 6. The molecule has 1 amide bonds. The normalized spacial score (nSPS) is 14.8. The molecule has 4 rings (SSSR count). The van der Waals surface area contributed by atoms with Crippen LogP contribution in [0.15, 0.2) is 36.4 Å². The Bertz CT molecular complexity index is 1030. The van der Waals surface area contributed by atoms with Gasteiger partial charge in [-0.05, 0) is 37.6 Å². The number of methoxy groups -OCH3 is 1. The molecule has 3 aromatic rings. The van der Waals surface area contributed by atoms with E-state index < -0.39 is 0 Å². The summed E-state index contributed by atoms with van der Waals surface area (Å²) < 4.78 is 12.0. The molecule has 0 spiro atoms. The van der Waals surface area contributed by atoms with Gasteiger partial charge < -0.3 is 9.47 Å². The van der Waals surface area contributed by atoms with E-state index in [-0.39, 0.29) is 5.91 Å². The molecule has 0 N–H and O–H groups in total. The SMILES string of the molecule is COc1ccc(C)c2sc(N(CCN3CCOCC3)C(=O)c3ccc(C)cc3)nc12. The summed E-state index contributed by atoms with van der Waals surface area (Å²) >= 11 is 1.55. The molecular weight excluding hydrogens is 398 g/mol. The highest BCUT2D eigenvalue weighted by Gasteiger charge is 2.24. The minimum atomic E-state index is -0.0288. The summed E-state index contributed by atoms with van der Waals surface area (Å²) in [5.74, 6) is 0.702. The molecule has 7 heteroatoms. The third-order valence-electron chi connectivity index (χ3n) is 5.43. The van der Waals surface area contributed by atoms with Gasteiger partial charge in [0.2, 0.25) is 0 Å². The zero-order valence-corrected chi connectivity index (χ0v) is 18.5. The number of anilines is 1. The number of benzene rings is 2. The van der Waals surface area contributed by atoms with E-state index in [2.05, 4.69) is 11.8 Å². The number of fused-ring (bicyclic) bond motifs is 1. The number of carbonyl (C=O) groups excluding carboxylic acids is 1. The largest absolute Gasteiger partial charge is 0.494 e. The first kappa shape index (κ1) is 20.8. The Balaban J connectivity index is 1.68. The zero-order valence-electron chi connectivity index (χ0n) is 17.7. The van der Waals surface area contributed by atoms with Gasteiger partial charge in [-0.1, -0.05) is 35.1 Å². The van der Waals surface area contributed by atoms with Crippen molar-refractivity contribution in [1.82, 2.24) is 9.88 Å². The second-order valence-electron chi connectivity index (χ2n) is 7.54. The highest BCUT2D eigenvalue weighted by atomic mass is 32.1. The lowest BCUT2D eigenvalue weighted by molar-refractivity contribution is 0.0391. The van der Waals surface area contributed by atoms with Crippen LogP contribution >= 0.6 is 11.3 Å². The Morgan fingerprint density at radius 3 is 2.60 bits per heavy atom. The van der Waals surface area contributed by atoms with Crippen molar-refractivity contribution in [1.29, 1.82) is 0 Å². The first-order chi connectivity index (χ1) is 14.6. The van der Waals surface area contributed by atoms with Gasteiger partial charge in [0.15, 0.2) is 5.13 Å². The van der Waals surface area contributed by atoms with Gasteiger partial charge in [-0.3, -0.25) is 14.6 Å². The molecule has 0 aliphatic carbocycles. The molecule has 0 radical (unpaired) electrons. The summed E-state index contributed by atoms with van der Waals surface area (Å²) in [4.78, 5) is 22.4. The van der Waals surface area contributed by atoms with Gasteiger partial charge in [-0.2, -0.15) is 0 Å². The van der Waals surface area contributed by atoms with Gasteiger partial charge in [0.1, 0.15) is 11.3 Å². The van der Waals surface area contributed by atoms with Crippen LogP contribution in [0, 0.1) is 13.8 Å². The van der Waals surface area contributed by atoms with Gasteiger partial charge >= 0.3 is 0 Å². The number of carbonyl (C=O) groups is 1. The Morgan fingerprint density at radius 1 is 1.17 bits per heavy atom. The van der Waals surface area contributed by atoms with Crippen molar-refractivity contribution in [2.75, 3.05) is 51.4 Å². The lowest BCUT2D eigenvalue weighted by Crippen LogP contribution is -2.43. The van der Waals surface area contributed by atoms with Crippen LogP contribution in [0.5, 0.6) is 5.75 Å². The lowest BCUT2D eigenvalue weighted by atomic mass is 10.1. The van der Waals surface area contributed by atoms with Crippen LogP contribution in [0.3, 0.4) is 0 Å². The molecule has 0 bridgehead atoms. The van der Waals surface area contributed by atoms with Crippen molar-refractivity contribution in [2.45, 2.75) is 13.8 Å². The predicted molar refractivity (Wildman–Crippen MR) is 121 cm³/mol. The maximum atomic E-state index is 13.5. The molecule has 1 aliphatic rings. The fourth-order valence-corrected chi connectivity index (χ4v) is 4.66. The zero-order chi connectivity index (χ0) is 21.1. The molecule has 0 atom stereocenters. The number of thiazole rings is 1. The predicted octanol–water partition coefficient (Wildman–Crippen LogP) is 3.90. The lowest BCUT2D eigenvalue weighted by Gasteiger charge is -2.29. The van der Waals surface area contributed by atoms with Crippen LogP contribution in [0.4, 0.5) is 5.13 Å². The summed E-state index contributed by atoms with van der Waals surface area (Å²) in [6.45, 7) is 8.70. The molecule has 2 aromatic carbocycles. The summed E-state index contributed by atoms with van der Waals surface area (Å²) in [6.07, 6.45) is 0. The number of amides is 1. The van der Waals surface area contributed by atoms with Gasteiger partial charge in [0, 0.05) is 31.7 Å². The molecule has 1 saturated heterocycles. The molecule has 30 heavy (non-hydrogen) atoms. The van der Waals surface area contributed by atoms with Crippen molar-refractivity contribution in [3.8, 4) is 5.75 Å². The van der Waals surface area contributed by atoms with Crippen LogP contribution in [-0.4, -0.2) is 62.3 Å². The molecule has 0 unspecified atom stereocenters. The standard InChI is InChI=1S/C23H27N3O3S/c1-16-4-7-18(8-5-16)22(27)26(11-10-25-12-14-29-15-13-25)23-24-20-19(28-3)9-6-17(2)21(20)30-23/h4-9H,10-15H2,1-3H3. The summed E-state index contributed by atoms with van der Waals surface area (Å²) in [5, 5.41) is 0.705. The number of rotatable bonds is 6. The fraction of sp³-hybridized carbons (Fsp3) is 0.391. The molecule has 0 saturated carbocycles. The van der Waals surface area contributed by atoms with Crippen molar-refractivity contribution in [2.24, 2.45) is 0 Å².